The van der Waals surface area contributed by atoms with Gasteiger partial charge in [-0.3, -0.25) is 9.48 Å². The van der Waals surface area contributed by atoms with Crippen LogP contribution in [0.5, 0.6) is 0 Å². The molecule has 1 amide bonds. The maximum absolute atomic E-state index is 12.4. The third-order valence-electron chi connectivity index (χ3n) is 3.79. The first-order valence-electron chi connectivity index (χ1n) is 8.05. The van der Waals surface area contributed by atoms with Gasteiger partial charge in [-0.05, 0) is 44.0 Å². The Labute approximate surface area is 137 Å². The molecule has 1 N–H and O–H groups in total. The molecule has 0 aliphatic carbocycles. The molecule has 5 nitrogen and oxygen atoms in total. The van der Waals surface area contributed by atoms with Gasteiger partial charge in [0.25, 0.3) is 5.91 Å². The second-order valence-electron chi connectivity index (χ2n) is 5.80. The van der Waals surface area contributed by atoms with E-state index in [2.05, 4.69) is 11.2 Å². The van der Waals surface area contributed by atoms with Gasteiger partial charge >= 0.3 is 0 Å². The first-order valence-corrected chi connectivity index (χ1v) is 8.05. The van der Waals surface area contributed by atoms with Gasteiger partial charge in [0.15, 0.2) is 0 Å². The number of aliphatic hydroxyl groups is 1. The second-order valence-corrected chi connectivity index (χ2v) is 5.80. The zero-order valence-corrected chi connectivity index (χ0v) is 14.1. The summed E-state index contributed by atoms with van der Waals surface area (Å²) < 4.78 is 1.96. The number of carbonyl (C=O) groups excluding carboxylic acids is 1. The Balaban J connectivity index is 2.09. The van der Waals surface area contributed by atoms with E-state index in [-0.39, 0.29) is 12.5 Å². The molecule has 1 aromatic carbocycles. The molecule has 5 heteroatoms. The first kappa shape index (κ1) is 17.2. The average Bonchev–Trinajstić information content (AvgIpc) is 2.85. The molecule has 0 aliphatic rings. The molecule has 1 heterocycles. The molecule has 2 aromatic rings. The van der Waals surface area contributed by atoms with Gasteiger partial charge in [-0.1, -0.05) is 19.1 Å². The Kier molecular flexibility index (Phi) is 5.93. The zero-order chi connectivity index (χ0) is 16.8. The number of hydrogen-bond acceptors (Lipinski definition) is 3. The monoisotopic (exact) mass is 315 g/mol. The summed E-state index contributed by atoms with van der Waals surface area (Å²) in [5.41, 5.74) is 3.90. The molecule has 2 rings (SSSR count). The van der Waals surface area contributed by atoms with Crippen LogP contribution >= 0.6 is 0 Å². The van der Waals surface area contributed by atoms with E-state index in [1.807, 2.05) is 49.7 Å². The van der Waals surface area contributed by atoms with Gasteiger partial charge in [-0.2, -0.15) is 5.10 Å². The lowest BCUT2D eigenvalue weighted by molar-refractivity contribution is 0.0722. The van der Waals surface area contributed by atoms with Crippen molar-refractivity contribution in [3.63, 3.8) is 0 Å². The van der Waals surface area contributed by atoms with Crippen molar-refractivity contribution in [1.29, 1.82) is 0 Å². The average molecular weight is 315 g/mol. The van der Waals surface area contributed by atoms with Crippen molar-refractivity contribution < 1.29 is 9.90 Å². The van der Waals surface area contributed by atoms with Crippen molar-refractivity contribution >= 4 is 5.91 Å². The number of aromatic nitrogens is 2. The molecule has 0 radical (unpaired) electrons. The van der Waals surface area contributed by atoms with Gasteiger partial charge in [0.2, 0.25) is 0 Å². The van der Waals surface area contributed by atoms with E-state index in [4.69, 9.17) is 5.11 Å². The summed E-state index contributed by atoms with van der Waals surface area (Å²) in [6.07, 6.45) is 0.877. The molecule has 0 spiro atoms. The van der Waals surface area contributed by atoms with E-state index in [1.165, 1.54) is 0 Å². The summed E-state index contributed by atoms with van der Waals surface area (Å²) in [5.74, 6) is -0.0291. The van der Waals surface area contributed by atoms with Gasteiger partial charge < -0.3 is 10.0 Å². The predicted octanol–water partition coefficient (Wildman–Crippen LogP) is 2.39. The molecular formula is C18H25N3O2. The Bertz CT molecular complexity index is 641. The van der Waals surface area contributed by atoms with Gasteiger partial charge in [-0.15, -0.1) is 0 Å². The first-order chi connectivity index (χ1) is 11.0. The Hall–Kier alpha value is -2.14. The third kappa shape index (κ3) is 4.42. The number of aryl methyl sites for hydroxylation is 2. The number of hydrogen-bond donors (Lipinski definition) is 1. The van der Waals surface area contributed by atoms with Crippen LogP contribution in [-0.4, -0.2) is 45.4 Å². The lowest BCUT2D eigenvalue weighted by Crippen LogP contribution is -2.34. The molecular weight excluding hydrogens is 290 g/mol. The van der Waals surface area contributed by atoms with E-state index in [9.17, 15) is 4.79 Å². The number of rotatable bonds is 7. The summed E-state index contributed by atoms with van der Waals surface area (Å²) in [6.45, 7) is 7.76. The molecule has 124 valence electrons. The summed E-state index contributed by atoms with van der Waals surface area (Å²) in [6, 6.07) is 9.68. The lowest BCUT2D eigenvalue weighted by atomic mass is 10.1. The largest absolute Gasteiger partial charge is 0.395 e. The molecule has 0 aliphatic heterocycles. The van der Waals surface area contributed by atoms with Crippen molar-refractivity contribution in [2.75, 3.05) is 19.7 Å². The third-order valence-corrected chi connectivity index (χ3v) is 3.79. The van der Waals surface area contributed by atoms with Crippen LogP contribution in [0.1, 0.15) is 40.7 Å². The van der Waals surface area contributed by atoms with Crippen LogP contribution in [0.3, 0.4) is 0 Å². The Morgan fingerprint density at radius 2 is 1.91 bits per heavy atom. The van der Waals surface area contributed by atoms with E-state index in [0.717, 1.165) is 23.4 Å². The molecule has 0 atom stereocenters. The second kappa shape index (κ2) is 7.92. The minimum absolute atomic E-state index is 0.0122. The summed E-state index contributed by atoms with van der Waals surface area (Å²) in [4.78, 5) is 14.1. The predicted molar refractivity (Wildman–Crippen MR) is 90.5 cm³/mol. The molecule has 0 saturated carbocycles. The number of amides is 1. The van der Waals surface area contributed by atoms with Gasteiger partial charge in [0, 0.05) is 24.3 Å². The molecule has 0 bridgehead atoms. The normalized spacial score (nSPS) is 10.8. The number of nitrogens with zero attached hydrogens (tertiary/aromatic N) is 3. The fourth-order valence-corrected chi connectivity index (χ4v) is 2.65. The zero-order valence-electron chi connectivity index (χ0n) is 14.1. The maximum Gasteiger partial charge on any atom is 0.253 e. The number of aliphatic hydroxyl groups excluding tert-OH is 1. The van der Waals surface area contributed by atoms with Gasteiger partial charge in [0.05, 0.1) is 18.8 Å². The fourth-order valence-electron chi connectivity index (χ4n) is 2.65. The smallest absolute Gasteiger partial charge is 0.253 e. The van der Waals surface area contributed by atoms with E-state index < -0.39 is 0 Å². The van der Waals surface area contributed by atoms with E-state index in [0.29, 0.717) is 25.2 Å². The van der Waals surface area contributed by atoms with Crippen LogP contribution < -0.4 is 0 Å². The molecule has 1 aromatic heterocycles. The highest BCUT2D eigenvalue weighted by Crippen LogP contribution is 2.11. The van der Waals surface area contributed by atoms with Crippen LogP contribution in [-0.2, 0) is 6.54 Å². The van der Waals surface area contributed by atoms with E-state index >= 15 is 0 Å². The highest BCUT2D eigenvalue weighted by atomic mass is 16.3. The van der Waals surface area contributed by atoms with Gasteiger partial charge in [-0.25, -0.2) is 0 Å². The van der Waals surface area contributed by atoms with E-state index in [1.54, 1.807) is 4.90 Å². The lowest BCUT2D eigenvalue weighted by Gasteiger charge is -2.21. The number of benzene rings is 1. The summed E-state index contributed by atoms with van der Waals surface area (Å²) in [5, 5.41) is 13.5. The van der Waals surface area contributed by atoms with Crippen molar-refractivity contribution in [2.45, 2.75) is 33.7 Å². The van der Waals surface area contributed by atoms with Crippen LogP contribution in [0, 0.1) is 13.8 Å². The van der Waals surface area contributed by atoms with Crippen LogP contribution in [0.2, 0.25) is 0 Å². The van der Waals surface area contributed by atoms with Crippen molar-refractivity contribution in [3.8, 4) is 0 Å². The minimum atomic E-state index is -0.0291. The highest BCUT2D eigenvalue weighted by molar-refractivity contribution is 5.94. The maximum atomic E-state index is 12.4. The molecule has 0 fully saturated rings. The topological polar surface area (TPSA) is 58.4 Å². The van der Waals surface area contributed by atoms with Crippen molar-refractivity contribution in [1.82, 2.24) is 14.7 Å². The van der Waals surface area contributed by atoms with Crippen molar-refractivity contribution in [2.24, 2.45) is 0 Å². The quantitative estimate of drug-likeness (QED) is 0.853. The SMILES string of the molecule is CCCN(CCO)C(=O)c1ccc(Cn2nc(C)cc2C)cc1. The highest BCUT2D eigenvalue weighted by Gasteiger charge is 2.14. The summed E-state index contributed by atoms with van der Waals surface area (Å²) >= 11 is 0. The van der Waals surface area contributed by atoms with Crippen molar-refractivity contribution in [3.05, 3.63) is 52.8 Å². The Morgan fingerprint density at radius 1 is 1.22 bits per heavy atom. The molecule has 23 heavy (non-hydrogen) atoms. The summed E-state index contributed by atoms with van der Waals surface area (Å²) in [7, 11) is 0. The molecule has 0 saturated heterocycles. The number of carbonyl (C=O) groups is 1. The van der Waals surface area contributed by atoms with Crippen LogP contribution in [0.15, 0.2) is 30.3 Å². The minimum Gasteiger partial charge on any atom is -0.395 e. The van der Waals surface area contributed by atoms with Gasteiger partial charge in [0.1, 0.15) is 0 Å². The van der Waals surface area contributed by atoms with Crippen LogP contribution in [0.4, 0.5) is 0 Å². The van der Waals surface area contributed by atoms with Crippen LogP contribution in [0.25, 0.3) is 0 Å². The fraction of sp³-hybridized carbons (Fsp3) is 0.444. The standard InChI is InChI=1S/C18H25N3O2/c1-4-9-20(10-11-22)18(23)17-7-5-16(6-8-17)13-21-15(3)12-14(2)19-21/h5-8,12,22H,4,9-11,13H2,1-3H3. The Morgan fingerprint density at radius 3 is 2.43 bits per heavy atom. The molecule has 0 unspecified atom stereocenters.